The van der Waals surface area contributed by atoms with Crippen molar-refractivity contribution in [3.8, 4) is 0 Å². The summed E-state index contributed by atoms with van der Waals surface area (Å²) in [6.45, 7) is 5.06. The maximum atomic E-state index is 12.8. The van der Waals surface area contributed by atoms with Gasteiger partial charge in [0.1, 0.15) is 6.54 Å². The van der Waals surface area contributed by atoms with E-state index < -0.39 is 0 Å². The van der Waals surface area contributed by atoms with Gasteiger partial charge in [-0.3, -0.25) is 4.79 Å². The molecule has 23 heavy (non-hydrogen) atoms. The minimum absolute atomic E-state index is 0.219. The second kappa shape index (κ2) is 8.16. The number of rotatable bonds is 3. The van der Waals surface area contributed by atoms with Crippen molar-refractivity contribution >= 4 is 17.5 Å². The Balaban J connectivity index is 1.57. The molecule has 0 radical (unpaired) electrons. The highest BCUT2D eigenvalue weighted by atomic mass is 35.5. The fourth-order valence-electron chi connectivity index (χ4n) is 4.01. The molecule has 0 bridgehead atoms. The van der Waals surface area contributed by atoms with E-state index >= 15 is 0 Å². The SMILES string of the molecule is O=C([C@H]1CCC[NH+](Cc2cccc(Cl)c2)C1)N1CCCCCC1. The van der Waals surface area contributed by atoms with Gasteiger partial charge in [0.15, 0.2) is 0 Å². The molecule has 2 aliphatic heterocycles. The van der Waals surface area contributed by atoms with Crippen LogP contribution in [-0.2, 0) is 11.3 Å². The van der Waals surface area contributed by atoms with Gasteiger partial charge in [-0.05, 0) is 37.8 Å². The van der Waals surface area contributed by atoms with Gasteiger partial charge in [-0.2, -0.15) is 0 Å². The number of nitrogens with zero attached hydrogens (tertiary/aromatic N) is 1. The lowest BCUT2D eigenvalue weighted by Gasteiger charge is -2.32. The number of piperidine rings is 1. The first-order valence-corrected chi connectivity index (χ1v) is 9.47. The number of halogens is 1. The van der Waals surface area contributed by atoms with Crippen LogP contribution in [0.15, 0.2) is 24.3 Å². The fourth-order valence-corrected chi connectivity index (χ4v) is 4.22. The van der Waals surface area contributed by atoms with E-state index in [0.717, 1.165) is 50.6 Å². The molecule has 3 nitrogen and oxygen atoms in total. The zero-order chi connectivity index (χ0) is 16.1. The maximum absolute atomic E-state index is 12.8. The van der Waals surface area contributed by atoms with Gasteiger partial charge in [0.25, 0.3) is 0 Å². The molecule has 2 fully saturated rings. The summed E-state index contributed by atoms with van der Waals surface area (Å²) in [6.07, 6.45) is 7.13. The number of carbonyl (C=O) groups is 1. The van der Waals surface area contributed by atoms with Gasteiger partial charge in [-0.15, -0.1) is 0 Å². The van der Waals surface area contributed by atoms with Crippen LogP contribution in [0.3, 0.4) is 0 Å². The lowest BCUT2D eigenvalue weighted by molar-refractivity contribution is -0.921. The van der Waals surface area contributed by atoms with Crippen LogP contribution in [0.2, 0.25) is 5.02 Å². The zero-order valence-electron chi connectivity index (χ0n) is 13.9. The summed E-state index contributed by atoms with van der Waals surface area (Å²) in [7, 11) is 0. The molecule has 126 valence electrons. The maximum Gasteiger partial charge on any atom is 0.231 e. The van der Waals surface area contributed by atoms with Crippen molar-refractivity contribution in [2.24, 2.45) is 5.92 Å². The lowest BCUT2D eigenvalue weighted by atomic mass is 9.96. The van der Waals surface area contributed by atoms with Crippen LogP contribution < -0.4 is 4.90 Å². The molecule has 1 aromatic rings. The highest BCUT2D eigenvalue weighted by Gasteiger charge is 2.31. The third kappa shape index (κ3) is 4.71. The van der Waals surface area contributed by atoms with E-state index in [0.29, 0.717) is 5.91 Å². The molecule has 2 aliphatic rings. The average Bonchev–Trinajstić information content (AvgIpc) is 2.84. The molecule has 4 heteroatoms. The summed E-state index contributed by atoms with van der Waals surface area (Å²) in [5.41, 5.74) is 1.27. The molecular formula is C19H28ClN2O+. The summed E-state index contributed by atoms with van der Waals surface area (Å²) in [5.74, 6) is 0.631. The molecule has 1 amide bonds. The Morgan fingerprint density at radius 3 is 2.70 bits per heavy atom. The van der Waals surface area contributed by atoms with Crippen molar-refractivity contribution in [3.05, 3.63) is 34.9 Å². The van der Waals surface area contributed by atoms with Crippen LogP contribution in [0, 0.1) is 5.92 Å². The summed E-state index contributed by atoms with van der Waals surface area (Å²) < 4.78 is 0. The van der Waals surface area contributed by atoms with Crippen LogP contribution >= 0.6 is 11.6 Å². The van der Waals surface area contributed by atoms with Gasteiger partial charge in [-0.25, -0.2) is 0 Å². The smallest absolute Gasteiger partial charge is 0.231 e. The highest BCUT2D eigenvalue weighted by Crippen LogP contribution is 2.17. The first kappa shape index (κ1) is 16.8. The van der Waals surface area contributed by atoms with E-state index in [2.05, 4.69) is 17.0 Å². The van der Waals surface area contributed by atoms with Crippen LogP contribution in [0.5, 0.6) is 0 Å². The first-order valence-electron chi connectivity index (χ1n) is 9.09. The Bertz CT molecular complexity index is 526. The van der Waals surface area contributed by atoms with Crippen LogP contribution in [0.25, 0.3) is 0 Å². The number of benzene rings is 1. The summed E-state index contributed by atoms with van der Waals surface area (Å²) in [6, 6.07) is 8.12. The lowest BCUT2D eigenvalue weighted by Crippen LogP contribution is -3.12. The van der Waals surface area contributed by atoms with Gasteiger partial charge < -0.3 is 9.80 Å². The van der Waals surface area contributed by atoms with E-state index in [4.69, 9.17) is 11.6 Å². The molecule has 0 saturated carbocycles. The van der Waals surface area contributed by atoms with E-state index in [-0.39, 0.29) is 5.92 Å². The summed E-state index contributed by atoms with van der Waals surface area (Å²) in [5, 5.41) is 0.802. The molecule has 1 aromatic carbocycles. The number of hydrogen-bond acceptors (Lipinski definition) is 1. The van der Waals surface area contributed by atoms with Gasteiger partial charge in [0, 0.05) is 23.7 Å². The number of likely N-dealkylation sites (tertiary alicyclic amines) is 2. The Labute approximate surface area is 144 Å². The Hall–Kier alpha value is -1.06. The van der Waals surface area contributed by atoms with Crippen molar-refractivity contribution in [3.63, 3.8) is 0 Å². The molecule has 2 saturated heterocycles. The van der Waals surface area contributed by atoms with Crippen molar-refractivity contribution in [1.82, 2.24) is 4.90 Å². The average molecular weight is 336 g/mol. The third-order valence-corrected chi connectivity index (χ3v) is 5.46. The largest absolute Gasteiger partial charge is 0.342 e. The molecule has 1 N–H and O–H groups in total. The van der Waals surface area contributed by atoms with E-state index in [1.54, 1.807) is 0 Å². The number of nitrogens with one attached hydrogen (secondary N) is 1. The second-order valence-electron chi connectivity index (χ2n) is 7.09. The predicted molar refractivity (Wildman–Crippen MR) is 93.6 cm³/mol. The van der Waals surface area contributed by atoms with Crippen molar-refractivity contribution in [1.29, 1.82) is 0 Å². The fraction of sp³-hybridized carbons (Fsp3) is 0.632. The standard InChI is InChI=1S/C19H27ClN2O/c20-18-9-5-7-16(13-18)14-21-10-6-8-17(15-21)19(23)22-11-3-1-2-4-12-22/h5,7,9,13,17H,1-4,6,8,10-12,14-15H2/p+1/t17-/m0/s1. The van der Waals surface area contributed by atoms with Crippen molar-refractivity contribution in [2.45, 2.75) is 45.1 Å². The normalized spacial score (nSPS) is 25.9. The van der Waals surface area contributed by atoms with E-state index in [1.807, 2.05) is 12.1 Å². The minimum Gasteiger partial charge on any atom is -0.342 e. The Kier molecular flexibility index (Phi) is 5.96. The quantitative estimate of drug-likeness (QED) is 0.902. The molecule has 0 aromatic heterocycles. The third-order valence-electron chi connectivity index (χ3n) is 5.23. The minimum atomic E-state index is 0.219. The number of carbonyl (C=O) groups excluding carboxylic acids is 1. The molecule has 2 heterocycles. The summed E-state index contributed by atoms with van der Waals surface area (Å²) in [4.78, 5) is 16.5. The first-order chi connectivity index (χ1) is 11.2. The Morgan fingerprint density at radius 2 is 1.96 bits per heavy atom. The van der Waals surface area contributed by atoms with Crippen LogP contribution in [0.4, 0.5) is 0 Å². The summed E-state index contributed by atoms with van der Waals surface area (Å²) >= 11 is 6.09. The number of amides is 1. The van der Waals surface area contributed by atoms with Crippen LogP contribution in [-0.4, -0.2) is 37.0 Å². The van der Waals surface area contributed by atoms with Crippen molar-refractivity contribution < 1.29 is 9.69 Å². The van der Waals surface area contributed by atoms with E-state index in [9.17, 15) is 4.79 Å². The molecule has 3 rings (SSSR count). The van der Waals surface area contributed by atoms with E-state index in [1.165, 1.54) is 36.1 Å². The zero-order valence-corrected chi connectivity index (χ0v) is 14.7. The molecule has 2 atom stereocenters. The molecule has 1 unspecified atom stereocenters. The topological polar surface area (TPSA) is 24.8 Å². The van der Waals surface area contributed by atoms with Crippen LogP contribution in [0.1, 0.15) is 44.1 Å². The van der Waals surface area contributed by atoms with Gasteiger partial charge in [0.05, 0.1) is 19.0 Å². The second-order valence-corrected chi connectivity index (χ2v) is 7.53. The molecular weight excluding hydrogens is 308 g/mol. The van der Waals surface area contributed by atoms with Gasteiger partial charge in [-0.1, -0.05) is 36.6 Å². The van der Waals surface area contributed by atoms with Gasteiger partial charge in [0.2, 0.25) is 5.91 Å². The Morgan fingerprint density at radius 1 is 1.17 bits per heavy atom. The number of quaternary nitrogens is 1. The molecule has 0 spiro atoms. The highest BCUT2D eigenvalue weighted by molar-refractivity contribution is 6.30. The van der Waals surface area contributed by atoms with Gasteiger partial charge >= 0.3 is 0 Å². The van der Waals surface area contributed by atoms with Crippen molar-refractivity contribution in [2.75, 3.05) is 26.2 Å². The monoisotopic (exact) mass is 335 g/mol. The number of hydrogen-bond donors (Lipinski definition) is 1. The predicted octanol–water partition coefficient (Wildman–Crippen LogP) is 2.54. The molecule has 0 aliphatic carbocycles.